The number of nitrogens with zero attached hydrogens (tertiary/aromatic N) is 2. The minimum absolute atomic E-state index is 0.0351. The van der Waals surface area contributed by atoms with Crippen molar-refractivity contribution in [3.63, 3.8) is 0 Å². The molecule has 1 rings (SSSR count). The molecule has 0 amide bonds. The number of carbonyl (C=O) groups is 1. The highest BCUT2D eigenvalue weighted by molar-refractivity contribution is 5.71. The molecule has 0 fully saturated rings. The first-order chi connectivity index (χ1) is 7.15. The van der Waals surface area contributed by atoms with Crippen LogP contribution in [-0.2, 0) is 16.1 Å². The van der Waals surface area contributed by atoms with Gasteiger partial charge in [-0.1, -0.05) is 0 Å². The Balaban J connectivity index is 2.43. The monoisotopic (exact) mass is 219 g/mol. The molecule has 15 heavy (non-hydrogen) atoms. The number of alkyl halides is 2. The molecule has 1 N–H and O–H groups in total. The van der Waals surface area contributed by atoms with Crippen LogP contribution >= 0.6 is 0 Å². The highest BCUT2D eigenvalue weighted by atomic mass is 19.3. The van der Waals surface area contributed by atoms with E-state index in [2.05, 4.69) is 15.0 Å². The van der Waals surface area contributed by atoms with Crippen LogP contribution in [0.5, 0.6) is 0 Å². The maximum absolute atomic E-state index is 12.3. The minimum atomic E-state index is -2.62. The van der Waals surface area contributed by atoms with Crippen LogP contribution in [0.1, 0.15) is 12.4 Å². The summed E-state index contributed by atoms with van der Waals surface area (Å²) in [6, 6.07) is 0. The maximum atomic E-state index is 12.3. The molecule has 0 unspecified atom stereocenters. The number of nitrogens with one attached hydrogen (secondary N) is 1. The lowest BCUT2D eigenvalue weighted by Gasteiger charge is -2.06. The van der Waals surface area contributed by atoms with Crippen LogP contribution in [0.2, 0.25) is 0 Å². The third kappa shape index (κ3) is 3.28. The zero-order valence-corrected chi connectivity index (χ0v) is 8.11. The van der Waals surface area contributed by atoms with Crippen molar-refractivity contribution in [2.75, 3.05) is 13.7 Å². The van der Waals surface area contributed by atoms with Crippen molar-refractivity contribution in [3.8, 4) is 0 Å². The van der Waals surface area contributed by atoms with E-state index in [0.717, 1.165) is 4.57 Å². The van der Waals surface area contributed by atoms with Crippen molar-refractivity contribution in [1.29, 1.82) is 0 Å². The predicted octanol–water partition coefficient (Wildman–Crippen LogP) is 0.541. The van der Waals surface area contributed by atoms with E-state index in [1.54, 1.807) is 0 Å². The van der Waals surface area contributed by atoms with E-state index in [1.807, 2.05) is 0 Å². The SMILES string of the molecule is COC(=O)CNCc1nccn1C(F)F. The second kappa shape index (κ2) is 5.40. The Kier molecular flexibility index (Phi) is 4.17. The van der Waals surface area contributed by atoms with E-state index in [-0.39, 0.29) is 18.9 Å². The smallest absolute Gasteiger partial charge is 0.319 e. The number of aromatic nitrogens is 2. The number of carbonyl (C=O) groups excluding carboxylic acids is 1. The largest absolute Gasteiger partial charge is 0.468 e. The zero-order valence-electron chi connectivity index (χ0n) is 8.11. The van der Waals surface area contributed by atoms with Crippen molar-refractivity contribution < 1.29 is 18.3 Å². The van der Waals surface area contributed by atoms with E-state index in [0.29, 0.717) is 0 Å². The first-order valence-electron chi connectivity index (χ1n) is 4.22. The van der Waals surface area contributed by atoms with Gasteiger partial charge in [0.05, 0.1) is 20.2 Å². The predicted molar refractivity (Wildman–Crippen MR) is 47.2 cm³/mol. The Bertz CT molecular complexity index is 327. The van der Waals surface area contributed by atoms with E-state index < -0.39 is 12.5 Å². The molecule has 0 aliphatic carbocycles. The van der Waals surface area contributed by atoms with E-state index in [1.165, 1.54) is 19.5 Å². The van der Waals surface area contributed by atoms with E-state index in [4.69, 9.17) is 0 Å². The van der Waals surface area contributed by atoms with Gasteiger partial charge in [0.2, 0.25) is 0 Å². The van der Waals surface area contributed by atoms with Crippen molar-refractivity contribution in [2.24, 2.45) is 0 Å². The number of halogens is 2. The second-order valence-corrected chi connectivity index (χ2v) is 2.71. The summed E-state index contributed by atoms with van der Waals surface area (Å²) in [7, 11) is 1.25. The zero-order chi connectivity index (χ0) is 11.3. The van der Waals surface area contributed by atoms with Crippen molar-refractivity contribution >= 4 is 5.97 Å². The standard InChI is InChI=1S/C8H11F2N3O2/c1-15-7(14)5-11-4-6-12-2-3-13(6)8(9)10/h2-3,8,11H,4-5H2,1H3. The van der Waals surface area contributed by atoms with Crippen LogP contribution in [0.15, 0.2) is 12.4 Å². The molecule has 0 aliphatic heterocycles. The summed E-state index contributed by atoms with van der Waals surface area (Å²) in [4.78, 5) is 14.4. The molecule has 1 aromatic heterocycles. The summed E-state index contributed by atoms with van der Waals surface area (Å²) in [5.41, 5.74) is 0. The molecule has 7 heteroatoms. The van der Waals surface area contributed by atoms with E-state index >= 15 is 0 Å². The van der Waals surface area contributed by atoms with Gasteiger partial charge < -0.3 is 4.74 Å². The molecule has 0 saturated carbocycles. The van der Waals surface area contributed by atoms with Crippen LogP contribution in [0, 0.1) is 0 Å². The van der Waals surface area contributed by atoms with Crippen molar-refractivity contribution in [2.45, 2.75) is 13.1 Å². The van der Waals surface area contributed by atoms with Gasteiger partial charge in [0.1, 0.15) is 5.82 Å². The third-order valence-corrected chi connectivity index (χ3v) is 1.74. The van der Waals surface area contributed by atoms with Crippen molar-refractivity contribution in [3.05, 3.63) is 18.2 Å². The molecule has 0 saturated heterocycles. The molecule has 0 bridgehead atoms. The molecule has 1 heterocycles. The highest BCUT2D eigenvalue weighted by Gasteiger charge is 2.10. The Morgan fingerprint density at radius 1 is 1.73 bits per heavy atom. The fourth-order valence-electron chi connectivity index (χ4n) is 1.01. The van der Waals surface area contributed by atoms with Gasteiger partial charge in [-0.3, -0.25) is 14.7 Å². The number of esters is 1. The summed E-state index contributed by atoms with van der Waals surface area (Å²) in [6.45, 7) is -2.57. The first kappa shape index (κ1) is 11.6. The lowest BCUT2D eigenvalue weighted by Crippen LogP contribution is -2.25. The molecule has 84 valence electrons. The average molecular weight is 219 g/mol. The Labute approximate surface area is 85.1 Å². The normalized spacial score (nSPS) is 10.7. The minimum Gasteiger partial charge on any atom is -0.468 e. The van der Waals surface area contributed by atoms with Crippen LogP contribution in [0.3, 0.4) is 0 Å². The molecular weight excluding hydrogens is 208 g/mol. The molecular formula is C8H11F2N3O2. The Morgan fingerprint density at radius 2 is 2.47 bits per heavy atom. The lowest BCUT2D eigenvalue weighted by molar-refractivity contribution is -0.139. The molecule has 0 aromatic carbocycles. The molecule has 1 aromatic rings. The number of methoxy groups -OCH3 is 1. The Hall–Kier alpha value is -1.50. The average Bonchev–Trinajstić information content (AvgIpc) is 2.65. The van der Waals surface area contributed by atoms with Crippen LogP contribution < -0.4 is 5.32 Å². The topological polar surface area (TPSA) is 56.1 Å². The highest BCUT2D eigenvalue weighted by Crippen LogP contribution is 2.11. The first-order valence-corrected chi connectivity index (χ1v) is 4.22. The van der Waals surface area contributed by atoms with Gasteiger partial charge >= 0.3 is 12.5 Å². The van der Waals surface area contributed by atoms with Gasteiger partial charge in [0, 0.05) is 12.4 Å². The van der Waals surface area contributed by atoms with Crippen LogP contribution in [0.25, 0.3) is 0 Å². The fraction of sp³-hybridized carbons (Fsp3) is 0.500. The van der Waals surface area contributed by atoms with Gasteiger partial charge in [-0.05, 0) is 0 Å². The number of imidazole rings is 1. The fourth-order valence-corrected chi connectivity index (χ4v) is 1.01. The molecule has 0 spiro atoms. The summed E-state index contributed by atoms with van der Waals surface area (Å²) in [6.07, 6.45) is 2.46. The van der Waals surface area contributed by atoms with E-state index in [9.17, 15) is 13.6 Å². The van der Waals surface area contributed by atoms with Gasteiger partial charge in [0.25, 0.3) is 0 Å². The van der Waals surface area contributed by atoms with Crippen molar-refractivity contribution in [1.82, 2.24) is 14.9 Å². The lowest BCUT2D eigenvalue weighted by atomic mass is 10.5. The summed E-state index contributed by atoms with van der Waals surface area (Å²) in [5, 5.41) is 2.64. The summed E-state index contributed by atoms with van der Waals surface area (Å²) < 4.78 is 29.7. The second-order valence-electron chi connectivity index (χ2n) is 2.71. The van der Waals surface area contributed by atoms with Gasteiger partial charge in [-0.15, -0.1) is 0 Å². The number of hydrogen-bond donors (Lipinski definition) is 1. The van der Waals surface area contributed by atoms with Gasteiger partial charge in [-0.25, -0.2) is 4.98 Å². The molecule has 0 atom stereocenters. The quantitative estimate of drug-likeness (QED) is 0.734. The molecule has 0 radical (unpaired) electrons. The summed E-state index contributed by atoms with van der Waals surface area (Å²) in [5.74, 6) is -0.279. The maximum Gasteiger partial charge on any atom is 0.319 e. The number of hydrogen-bond acceptors (Lipinski definition) is 4. The van der Waals surface area contributed by atoms with Crippen LogP contribution in [0.4, 0.5) is 8.78 Å². The van der Waals surface area contributed by atoms with Crippen LogP contribution in [-0.4, -0.2) is 29.2 Å². The number of ether oxygens (including phenoxy) is 1. The molecule has 0 aliphatic rings. The summed E-state index contributed by atoms with van der Waals surface area (Å²) >= 11 is 0. The van der Waals surface area contributed by atoms with Gasteiger partial charge in [-0.2, -0.15) is 8.78 Å². The molecule has 5 nitrogen and oxygen atoms in total. The number of rotatable bonds is 5. The third-order valence-electron chi connectivity index (χ3n) is 1.74. The Morgan fingerprint density at radius 3 is 3.07 bits per heavy atom. The van der Waals surface area contributed by atoms with Gasteiger partial charge in [0.15, 0.2) is 0 Å².